The van der Waals surface area contributed by atoms with Crippen LogP contribution in [0.2, 0.25) is 0 Å². The van der Waals surface area contributed by atoms with Gasteiger partial charge in [-0.25, -0.2) is 4.39 Å². The molecule has 1 aromatic rings. The fourth-order valence-corrected chi connectivity index (χ4v) is 1.60. The van der Waals surface area contributed by atoms with Crippen LogP contribution in [0.5, 0.6) is 0 Å². The first kappa shape index (κ1) is 13.1. The summed E-state index contributed by atoms with van der Waals surface area (Å²) >= 11 is 0. The van der Waals surface area contributed by atoms with E-state index in [1.807, 2.05) is 19.2 Å². The Morgan fingerprint density at radius 2 is 1.94 bits per heavy atom. The van der Waals surface area contributed by atoms with Crippen molar-refractivity contribution in [2.45, 2.75) is 25.9 Å². The Morgan fingerprint density at radius 3 is 2.44 bits per heavy atom. The molecule has 0 amide bonds. The summed E-state index contributed by atoms with van der Waals surface area (Å²) in [5, 5.41) is 3.16. The Bertz CT molecular complexity index is 325. The third-order valence-corrected chi connectivity index (χ3v) is 2.98. The van der Waals surface area contributed by atoms with E-state index in [0.29, 0.717) is 6.04 Å². The Labute approximate surface area is 97.5 Å². The van der Waals surface area contributed by atoms with Crippen LogP contribution < -0.4 is 5.32 Å². The van der Waals surface area contributed by atoms with Crippen LogP contribution in [-0.4, -0.2) is 31.6 Å². The van der Waals surface area contributed by atoms with Gasteiger partial charge in [0.15, 0.2) is 0 Å². The predicted molar refractivity (Wildman–Crippen MR) is 66.0 cm³/mol. The minimum absolute atomic E-state index is 0.0357. The molecule has 90 valence electrons. The summed E-state index contributed by atoms with van der Waals surface area (Å²) in [6.07, 6.45) is 0. The molecule has 2 nitrogen and oxygen atoms in total. The number of hydrogen-bond acceptors (Lipinski definition) is 2. The zero-order valence-electron chi connectivity index (χ0n) is 10.5. The van der Waals surface area contributed by atoms with E-state index in [1.165, 1.54) is 6.07 Å². The molecular weight excluding hydrogens is 203 g/mol. The second-order valence-corrected chi connectivity index (χ2v) is 4.40. The Hall–Kier alpha value is -0.930. The van der Waals surface area contributed by atoms with Crippen LogP contribution in [0.25, 0.3) is 0 Å². The molecule has 0 saturated carbocycles. The topological polar surface area (TPSA) is 15.3 Å². The molecule has 0 aliphatic carbocycles. The zero-order valence-corrected chi connectivity index (χ0v) is 10.5. The molecule has 0 aromatic heterocycles. The van der Waals surface area contributed by atoms with Crippen LogP contribution in [-0.2, 0) is 0 Å². The van der Waals surface area contributed by atoms with Crippen LogP contribution in [0.15, 0.2) is 24.3 Å². The summed E-state index contributed by atoms with van der Waals surface area (Å²) in [4.78, 5) is 2.20. The average molecular weight is 224 g/mol. The highest BCUT2D eigenvalue weighted by Gasteiger charge is 2.16. The molecule has 1 atom stereocenters. The Morgan fingerprint density at radius 1 is 1.31 bits per heavy atom. The lowest BCUT2D eigenvalue weighted by Crippen LogP contribution is -2.35. The van der Waals surface area contributed by atoms with Gasteiger partial charge in [0.25, 0.3) is 0 Å². The van der Waals surface area contributed by atoms with Crippen LogP contribution >= 0.6 is 0 Å². The van der Waals surface area contributed by atoms with E-state index < -0.39 is 0 Å². The van der Waals surface area contributed by atoms with Gasteiger partial charge >= 0.3 is 0 Å². The summed E-state index contributed by atoms with van der Waals surface area (Å²) in [6, 6.07) is 7.44. The number of rotatable bonds is 5. The van der Waals surface area contributed by atoms with Gasteiger partial charge in [0.05, 0.1) is 0 Å². The number of benzene rings is 1. The van der Waals surface area contributed by atoms with Crippen molar-refractivity contribution in [3.05, 3.63) is 35.6 Å². The highest BCUT2D eigenvalue weighted by atomic mass is 19.1. The molecule has 0 aliphatic rings. The van der Waals surface area contributed by atoms with Gasteiger partial charge in [-0.1, -0.05) is 18.2 Å². The highest BCUT2D eigenvalue weighted by molar-refractivity contribution is 5.21. The maximum Gasteiger partial charge on any atom is 0.128 e. The second kappa shape index (κ2) is 5.97. The van der Waals surface area contributed by atoms with Gasteiger partial charge in [-0.3, -0.25) is 0 Å². The molecule has 0 radical (unpaired) electrons. The lowest BCUT2D eigenvalue weighted by Gasteiger charge is -2.27. The first-order chi connectivity index (χ1) is 7.56. The number of nitrogens with one attached hydrogen (secondary N) is 1. The first-order valence-electron chi connectivity index (χ1n) is 5.68. The molecule has 3 heteroatoms. The van der Waals surface area contributed by atoms with Gasteiger partial charge in [-0.15, -0.1) is 0 Å². The Kier molecular flexibility index (Phi) is 4.90. The van der Waals surface area contributed by atoms with E-state index in [4.69, 9.17) is 0 Å². The molecule has 0 fully saturated rings. The monoisotopic (exact) mass is 224 g/mol. The lowest BCUT2D eigenvalue weighted by atomic mass is 10.1. The summed E-state index contributed by atoms with van der Waals surface area (Å²) < 4.78 is 13.6. The summed E-state index contributed by atoms with van der Waals surface area (Å²) in [5.41, 5.74) is 0.734. The van der Waals surface area contributed by atoms with Gasteiger partial charge in [-0.05, 0) is 34.0 Å². The molecule has 1 N–H and O–H groups in total. The van der Waals surface area contributed by atoms with E-state index in [0.717, 1.165) is 12.1 Å². The third kappa shape index (κ3) is 3.29. The standard InChI is InChI=1S/C13H21FN2/c1-10(2)16(4)9-13(15-3)11-7-5-6-8-12(11)14/h5-8,10,13,15H,9H2,1-4H3. The molecule has 1 rings (SSSR count). The summed E-state index contributed by atoms with van der Waals surface area (Å²) in [7, 11) is 3.92. The van der Waals surface area contributed by atoms with Crippen LogP contribution in [0.1, 0.15) is 25.5 Å². The second-order valence-electron chi connectivity index (χ2n) is 4.40. The van der Waals surface area contributed by atoms with Crippen molar-refractivity contribution in [2.24, 2.45) is 0 Å². The van der Waals surface area contributed by atoms with Gasteiger partial charge < -0.3 is 10.2 Å². The van der Waals surface area contributed by atoms with Crippen molar-refractivity contribution in [3.8, 4) is 0 Å². The average Bonchev–Trinajstić information content (AvgIpc) is 2.26. The first-order valence-corrected chi connectivity index (χ1v) is 5.68. The quantitative estimate of drug-likeness (QED) is 0.826. The maximum absolute atomic E-state index is 13.6. The molecule has 0 aliphatic heterocycles. The Balaban J connectivity index is 2.79. The number of halogens is 1. The number of likely N-dealkylation sites (N-methyl/N-ethyl adjacent to an activating group) is 2. The van der Waals surface area contributed by atoms with Crippen molar-refractivity contribution in [2.75, 3.05) is 20.6 Å². The highest BCUT2D eigenvalue weighted by Crippen LogP contribution is 2.17. The molecule has 0 heterocycles. The summed E-state index contributed by atoms with van der Waals surface area (Å²) in [6.45, 7) is 5.07. The molecule has 0 spiro atoms. The van der Waals surface area contributed by atoms with Crippen LogP contribution in [0.3, 0.4) is 0 Å². The van der Waals surface area contributed by atoms with E-state index in [2.05, 4.69) is 31.1 Å². The molecule has 16 heavy (non-hydrogen) atoms. The van der Waals surface area contributed by atoms with Gasteiger partial charge in [0, 0.05) is 24.2 Å². The normalized spacial score (nSPS) is 13.4. The van der Waals surface area contributed by atoms with Gasteiger partial charge in [0.1, 0.15) is 5.82 Å². The molecule has 0 saturated heterocycles. The van der Waals surface area contributed by atoms with E-state index >= 15 is 0 Å². The minimum Gasteiger partial charge on any atom is -0.312 e. The van der Waals surface area contributed by atoms with Crippen molar-refractivity contribution < 1.29 is 4.39 Å². The van der Waals surface area contributed by atoms with Crippen molar-refractivity contribution in [1.29, 1.82) is 0 Å². The zero-order chi connectivity index (χ0) is 12.1. The predicted octanol–water partition coefficient (Wildman–Crippen LogP) is 2.43. The fraction of sp³-hybridized carbons (Fsp3) is 0.538. The number of hydrogen-bond donors (Lipinski definition) is 1. The van der Waals surface area contributed by atoms with Crippen molar-refractivity contribution in [1.82, 2.24) is 10.2 Å². The van der Waals surface area contributed by atoms with Gasteiger partial charge in [0.2, 0.25) is 0 Å². The minimum atomic E-state index is -0.140. The van der Waals surface area contributed by atoms with E-state index in [1.54, 1.807) is 6.07 Å². The number of nitrogens with zero attached hydrogens (tertiary/aromatic N) is 1. The van der Waals surface area contributed by atoms with E-state index in [9.17, 15) is 4.39 Å². The molecule has 1 aromatic carbocycles. The van der Waals surface area contributed by atoms with Crippen molar-refractivity contribution >= 4 is 0 Å². The van der Waals surface area contributed by atoms with Crippen LogP contribution in [0.4, 0.5) is 4.39 Å². The largest absolute Gasteiger partial charge is 0.312 e. The maximum atomic E-state index is 13.6. The van der Waals surface area contributed by atoms with Gasteiger partial charge in [-0.2, -0.15) is 0 Å². The third-order valence-electron chi connectivity index (χ3n) is 2.98. The lowest BCUT2D eigenvalue weighted by molar-refractivity contribution is 0.244. The molecule has 0 bridgehead atoms. The summed E-state index contributed by atoms with van der Waals surface area (Å²) in [5.74, 6) is -0.140. The fourth-order valence-electron chi connectivity index (χ4n) is 1.60. The SMILES string of the molecule is CNC(CN(C)C(C)C)c1ccccc1F. The van der Waals surface area contributed by atoms with Crippen molar-refractivity contribution in [3.63, 3.8) is 0 Å². The van der Waals surface area contributed by atoms with E-state index in [-0.39, 0.29) is 11.9 Å². The molecular formula is C13H21FN2. The van der Waals surface area contributed by atoms with Crippen LogP contribution in [0, 0.1) is 5.82 Å². The molecule has 1 unspecified atom stereocenters. The smallest absolute Gasteiger partial charge is 0.128 e.